The number of hydrogen-bond donors (Lipinski definition) is 2. The number of ether oxygens (including phenoxy) is 1. The summed E-state index contributed by atoms with van der Waals surface area (Å²) in [6.07, 6.45) is 4.42. The predicted octanol–water partition coefficient (Wildman–Crippen LogP) is 2.40. The molecule has 0 unspecified atom stereocenters. The number of carbonyl (C=O) groups is 3. The standard InChI is InChI=1S/C20H17N3O5/c24-18(13-28-20(26)14-7-9-21-10-8-14)23-17-6-2-1-5-16(17)19(25)22-12-15-4-3-11-27-15/h1-11H,12-13H2,(H,22,25)(H,23,24). The van der Waals surface area contributed by atoms with Gasteiger partial charge in [0, 0.05) is 12.4 Å². The van der Waals surface area contributed by atoms with Gasteiger partial charge in [-0.15, -0.1) is 0 Å². The van der Waals surface area contributed by atoms with E-state index >= 15 is 0 Å². The third-order valence-corrected chi connectivity index (χ3v) is 3.70. The van der Waals surface area contributed by atoms with Gasteiger partial charge in [-0.2, -0.15) is 0 Å². The Labute approximate surface area is 160 Å². The second-order valence-electron chi connectivity index (χ2n) is 5.67. The van der Waals surface area contributed by atoms with Gasteiger partial charge in [-0.3, -0.25) is 14.6 Å². The largest absolute Gasteiger partial charge is 0.467 e. The Morgan fingerprint density at radius 2 is 1.79 bits per heavy atom. The van der Waals surface area contributed by atoms with Crippen molar-refractivity contribution in [2.45, 2.75) is 6.54 Å². The Balaban J connectivity index is 1.57. The van der Waals surface area contributed by atoms with Crippen LogP contribution in [-0.2, 0) is 16.1 Å². The van der Waals surface area contributed by atoms with Crippen LogP contribution in [0.2, 0.25) is 0 Å². The molecule has 142 valence electrons. The third-order valence-electron chi connectivity index (χ3n) is 3.70. The fraction of sp³-hybridized carbons (Fsp3) is 0.100. The van der Waals surface area contributed by atoms with Gasteiger partial charge in [0.05, 0.1) is 29.6 Å². The summed E-state index contributed by atoms with van der Waals surface area (Å²) in [6, 6.07) is 13.0. The number of rotatable bonds is 7. The molecule has 3 aromatic rings. The van der Waals surface area contributed by atoms with Crippen molar-refractivity contribution in [1.29, 1.82) is 0 Å². The highest BCUT2D eigenvalue weighted by Gasteiger charge is 2.15. The molecule has 0 bridgehead atoms. The van der Waals surface area contributed by atoms with E-state index in [-0.39, 0.29) is 18.0 Å². The Bertz CT molecular complexity index is 955. The van der Waals surface area contributed by atoms with Crippen molar-refractivity contribution in [1.82, 2.24) is 10.3 Å². The van der Waals surface area contributed by atoms with Gasteiger partial charge >= 0.3 is 5.97 Å². The summed E-state index contributed by atoms with van der Waals surface area (Å²) in [5.74, 6) is -0.963. The summed E-state index contributed by atoms with van der Waals surface area (Å²) in [5.41, 5.74) is 0.882. The summed E-state index contributed by atoms with van der Waals surface area (Å²) in [4.78, 5) is 40.2. The molecule has 8 nitrogen and oxygen atoms in total. The maximum Gasteiger partial charge on any atom is 0.338 e. The minimum atomic E-state index is -0.637. The zero-order valence-corrected chi connectivity index (χ0v) is 14.8. The normalized spacial score (nSPS) is 10.1. The minimum absolute atomic E-state index is 0.220. The van der Waals surface area contributed by atoms with E-state index in [1.807, 2.05) is 0 Å². The lowest BCUT2D eigenvalue weighted by atomic mass is 10.1. The number of furan rings is 1. The summed E-state index contributed by atoms with van der Waals surface area (Å²) in [7, 11) is 0. The van der Waals surface area contributed by atoms with Crippen LogP contribution in [0.15, 0.2) is 71.6 Å². The van der Waals surface area contributed by atoms with E-state index in [4.69, 9.17) is 9.15 Å². The van der Waals surface area contributed by atoms with Crippen LogP contribution < -0.4 is 10.6 Å². The fourth-order valence-electron chi connectivity index (χ4n) is 2.35. The van der Waals surface area contributed by atoms with Gasteiger partial charge in [-0.1, -0.05) is 12.1 Å². The summed E-state index contributed by atoms with van der Waals surface area (Å²) >= 11 is 0. The monoisotopic (exact) mass is 379 g/mol. The molecule has 0 aliphatic heterocycles. The first kappa shape index (κ1) is 18.8. The number of carbonyl (C=O) groups excluding carboxylic acids is 3. The lowest BCUT2D eigenvalue weighted by Gasteiger charge is -2.11. The Morgan fingerprint density at radius 3 is 2.54 bits per heavy atom. The quantitative estimate of drug-likeness (QED) is 0.610. The maximum atomic E-state index is 12.4. The number of aromatic nitrogens is 1. The number of esters is 1. The molecule has 1 aromatic carbocycles. The van der Waals surface area contributed by atoms with E-state index < -0.39 is 18.5 Å². The van der Waals surface area contributed by atoms with Crippen molar-refractivity contribution in [3.63, 3.8) is 0 Å². The zero-order chi connectivity index (χ0) is 19.8. The van der Waals surface area contributed by atoms with E-state index in [0.717, 1.165) is 0 Å². The van der Waals surface area contributed by atoms with Crippen molar-refractivity contribution in [2.24, 2.45) is 0 Å². The number of pyridine rings is 1. The number of anilines is 1. The van der Waals surface area contributed by atoms with Crippen LogP contribution in [0.3, 0.4) is 0 Å². The molecule has 0 atom stereocenters. The summed E-state index contributed by atoms with van der Waals surface area (Å²) < 4.78 is 10.1. The topological polar surface area (TPSA) is 111 Å². The van der Waals surface area contributed by atoms with E-state index in [1.165, 1.54) is 30.8 Å². The molecule has 0 aliphatic rings. The van der Waals surface area contributed by atoms with Crippen molar-refractivity contribution >= 4 is 23.5 Å². The molecule has 0 aliphatic carbocycles. The highest BCUT2D eigenvalue weighted by Crippen LogP contribution is 2.15. The van der Waals surface area contributed by atoms with E-state index in [2.05, 4.69) is 15.6 Å². The number of para-hydroxylation sites is 1. The number of amides is 2. The van der Waals surface area contributed by atoms with Gasteiger partial charge in [0.2, 0.25) is 0 Å². The van der Waals surface area contributed by atoms with Crippen molar-refractivity contribution < 1.29 is 23.5 Å². The molecule has 2 heterocycles. The average molecular weight is 379 g/mol. The fourth-order valence-corrected chi connectivity index (χ4v) is 2.35. The summed E-state index contributed by atoms with van der Waals surface area (Å²) in [5, 5.41) is 5.29. The van der Waals surface area contributed by atoms with Gasteiger partial charge in [-0.05, 0) is 36.4 Å². The molecule has 8 heteroatoms. The molecule has 0 spiro atoms. The SMILES string of the molecule is O=C(COC(=O)c1ccncc1)Nc1ccccc1C(=O)NCc1ccco1. The van der Waals surface area contributed by atoms with Crippen LogP contribution in [0.1, 0.15) is 26.5 Å². The first-order valence-electron chi connectivity index (χ1n) is 8.40. The summed E-state index contributed by atoms with van der Waals surface area (Å²) in [6.45, 7) is -0.263. The van der Waals surface area contributed by atoms with Crippen LogP contribution in [0, 0.1) is 0 Å². The van der Waals surface area contributed by atoms with Crippen LogP contribution in [-0.4, -0.2) is 29.4 Å². The molecular weight excluding hydrogens is 362 g/mol. The van der Waals surface area contributed by atoms with Crippen molar-refractivity contribution in [2.75, 3.05) is 11.9 Å². The van der Waals surface area contributed by atoms with Gasteiger partial charge in [-0.25, -0.2) is 4.79 Å². The Kier molecular flexibility index (Phi) is 6.14. The number of nitrogens with one attached hydrogen (secondary N) is 2. The highest BCUT2D eigenvalue weighted by atomic mass is 16.5. The molecule has 2 aromatic heterocycles. The Morgan fingerprint density at radius 1 is 1.00 bits per heavy atom. The van der Waals surface area contributed by atoms with E-state index in [1.54, 1.807) is 36.4 Å². The molecule has 2 N–H and O–H groups in total. The van der Waals surface area contributed by atoms with Gasteiger partial charge in [0.1, 0.15) is 5.76 Å². The maximum absolute atomic E-state index is 12.4. The zero-order valence-electron chi connectivity index (χ0n) is 14.8. The molecule has 28 heavy (non-hydrogen) atoms. The van der Waals surface area contributed by atoms with Crippen LogP contribution in [0.25, 0.3) is 0 Å². The first-order chi connectivity index (χ1) is 13.6. The molecule has 0 saturated heterocycles. The lowest BCUT2D eigenvalue weighted by Crippen LogP contribution is -2.26. The van der Waals surface area contributed by atoms with E-state index in [9.17, 15) is 14.4 Å². The van der Waals surface area contributed by atoms with Crippen molar-refractivity contribution in [3.05, 3.63) is 84.1 Å². The van der Waals surface area contributed by atoms with Crippen LogP contribution in [0.4, 0.5) is 5.69 Å². The number of hydrogen-bond acceptors (Lipinski definition) is 6. The molecule has 3 rings (SSSR count). The molecule has 0 fully saturated rings. The number of nitrogens with zero attached hydrogens (tertiary/aromatic N) is 1. The smallest absolute Gasteiger partial charge is 0.338 e. The van der Waals surface area contributed by atoms with Gasteiger partial charge in [0.15, 0.2) is 6.61 Å². The van der Waals surface area contributed by atoms with Gasteiger partial charge in [0.25, 0.3) is 11.8 Å². The lowest BCUT2D eigenvalue weighted by molar-refractivity contribution is -0.119. The van der Waals surface area contributed by atoms with Crippen molar-refractivity contribution in [3.8, 4) is 0 Å². The highest BCUT2D eigenvalue weighted by molar-refractivity contribution is 6.04. The van der Waals surface area contributed by atoms with Gasteiger partial charge < -0.3 is 19.8 Å². The Hall–Kier alpha value is -3.94. The molecule has 0 saturated carbocycles. The third kappa shape index (κ3) is 5.04. The molecule has 2 amide bonds. The second-order valence-corrected chi connectivity index (χ2v) is 5.67. The second kappa shape index (κ2) is 9.13. The minimum Gasteiger partial charge on any atom is -0.467 e. The molecule has 0 radical (unpaired) electrons. The number of benzene rings is 1. The van der Waals surface area contributed by atoms with E-state index in [0.29, 0.717) is 17.0 Å². The molecular formula is C20H17N3O5. The van der Waals surface area contributed by atoms with Crippen LogP contribution in [0.5, 0.6) is 0 Å². The predicted molar refractivity (Wildman–Crippen MR) is 99.5 cm³/mol. The average Bonchev–Trinajstić information content (AvgIpc) is 3.25. The first-order valence-corrected chi connectivity index (χ1v) is 8.40. The van der Waals surface area contributed by atoms with Crippen LogP contribution >= 0.6 is 0 Å².